The third kappa shape index (κ3) is 4.56. The highest BCUT2D eigenvalue weighted by Crippen LogP contribution is 2.19. The van der Waals surface area contributed by atoms with Gasteiger partial charge in [0.1, 0.15) is 11.5 Å². The number of nitrogens with one attached hydrogen (secondary N) is 1. The summed E-state index contributed by atoms with van der Waals surface area (Å²) in [5.41, 5.74) is 1.34. The molecule has 1 aliphatic rings. The number of nitrogens with zero attached hydrogens (tertiary/aromatic N) is 2. The third-order valence-corrected chi connectivity index (χ3v) is 4.41. The van der Waals surface area contributed by atoms with E-state index in [-0.39, 0.29) is 0 Å². The van der Waals surface area contributed by atoms with Crippen molar-refractivity contribution in [3.63, 3.8) is 0 Å². The van der Waals surface area contributed by atoms with E-state index in [0.717, 1.165) is 44.2 Å². The van der Waals surface area contributed by atoms with E-state index in [1.807, 2.05) is 0 Å². The van der Waals surface area contributed by atoms with Crippen molar-refractivity contribution < 1.29 is 4.42 Å². The molecule has 1 fully saturated rings. The second-order valence-electron chi connectivity index (χ2n) is 6.54. The molecule has 1 saturated heterocycles. The lowest BCUT2D eigenvalue weighted by Crippen LogP contribution is -2.51. The summed E-state index contributed by atoms with van der Waals surface area (Å²) in [5, 5.41) is 3.41. The topological polar surface area (TPSA) is 31.6 Å². The van der Waals surface area contributed by atoms with Crippen LogP contribution in [-0.2, 0) is 13.1 Å². The van der Waals surface area contributed by atoms with E-state index in [1.54, 1.807) is 0 Å². The number of likely N-dealkylation sites (N-methyl/N-ethyl adjacent to an activating group) is 1. The van der Waals surface area contributed by atoms with Gasteiger partial charge in [0, 0.05) is 43.8 Å². The molecule has 1 aliphatic heterocycles. The van der Waals surface area contributed by atoms with Crippen molar-refractivity contribution in [2.45, 2.75) is 59.8 Å². The first-order chi connectivity index (χ1) is 9.99. The highest BCUT2D eigenvalue weighted by atomic mass is 16.3. The van der Waals surface area contributed by atoms with Crippen LogP contribution in [0.15, 0.2) is 10.5 Å². The summed E-state index contributed by atoms with van der Waals surface area (Å²) in [4.78, 5) is 5.10. The molecule has 0 aromatic carbocycles. The molecule has 1 unspecified atom stereocenters. The lowest BCUT2D eigenvalue weighted by molar-refractivity contribution is 0.0831. The van der Waals surface area contributed by atoms with Gasteiger partial charge in [-0.1, -0.05) is 20.8 Å². The maximum atomic E-state index is 5.88. The van der Waals surface area contributed by atoms with E-state index in [0.29, 0.717) is 12.1 Å². The average molecular weight is 293 g/mol. The van der Waals surface area contributed by atoms with Gasteiger partial charge in [-0.05, 0) is 26.5 Å². The quantitative estimate of drug-likeness (QED) is 0.874. The van der Waals surface area contributed by atoms with E-state index in [1.165, 1.54) is 12.1 Å². The Kier molecular flexibility index (Phi) is 5.85. The predicted octanol–water partition coefficient (Wildman–Crippen LogP) is 2.61. The van der Waals surface area contributed by atoms with Crippen molar-refractivity contribution in [3.8, 4) is 0 Å². The maximum Gasteiger partial charge on any atom is 0.118 e. The normalized spacial score (nSPS) is 21.3. The molecular weight excluding hydrogens is 262 g/mol. The van der Waals surface area contributed by atoms with E-state index in [4.69, 9.17) is 4.42 Å². The van der Waals surface area contributed by atoms with Crippen molar-refractivity contribution >= 4 is 0 Å². The van der Waals surface area contributed by atoms with Crippen LogP contribution in [0.2, 0.25) is 0 Å². The van der Waals surface area contributed by atoms with Crippen molar-refractivity contribution in [1.29, 1.82) is 0 Å². The summed E-state index contributed by atoms with van der Waals surface area (Å²) >= 11 is 0. The molecule has 0 bridgehead atoms. The first-order valence-corrected chi connectivity index (χ1v) is 8.27. The molecule has 0 saturated carbocycles. The molecule has 1 N–H and O–H groups in total. The van der Waals surface area contributed by atoms with Crippen LogP contribution in [0.3, 0.4) is 0 Å². The zero-order chi connectivity index (χ0) is 15.4. The molecule has 0 aliphatic carbocycles. The number of aryl methyl sites for hydroxylation is 1. The van der Waals surface area contributed by atoms with Crippen LogP contribution in [-0.4, -0.2) is 48.1 Å². The van der Waals surface area contributed by atoms with Crippen LogP contribution < -0.4 is 5.32 Å². The Hall–Kier alpha value is -0.840. The smallest absolute Gasteiger partial charge is 0.118 e. The second kappa shape index (κ2) is 7.43. The van der Waals surface area contributed by atoms with E-state index in [9.17, 15) is 0 Å². The molecule has 1 aromatic rings. The van der Waals surface area contributed by atoms with Gasteiger partial charge >= 0.3 is 0 Å². The zero-order valence-corrected chi connectivity index (χ0v) is 14.3. The fourth-order valence-corrected chi connectivity index (χ4v) is 3.06. The Morgan fingerprint density at radius 1 is 1.38 bits per heavy atom. The third-order valence-electron chi connectivity index (χ3n) is 4.41. The molecule has 2 rings (SSSR count). The molecule has 0 amide bonds. The molecular formula is C17H31N3O. The Morgan fingerprint density at radius 2 is 2.14 bits per heavy atom. The zero-order valence-electron chi connectivity index (χ0n) is 14.3. The van der Waals surface area contributed by atoms with Gasteiger partial charge in [-0.15, -0.1) is 0 Å². The lowest BCUT2D eigenvalue weighted by Gasteiger charge is -2.39. The van der Waals surface area contributed by atoms with Crippen LogP contribution in [0.4, 0.5) is 0 Å². The van der Waals surface area contributed by atoms with Gasteiger partial charge in [0.2, 0.25) is 0 Å². The van der Waals surface area contributed by atoms with Gasteiger partial charge in [0.15, 0.2) is 0 Å². The summed E-state index contributed by atoms with van der Waals surface area (Å²) in [6.45, 7) is 17.5. The molecule has 120 valence electrons. The summed E-state index contributed by atoms with van der Waals surface area (Å²) in [7, 11) is 0. The van der Waals surface area contributed by atoms with E-state index in [2.05, 4.69) is 55.8 Å². The van der Waals surface area contributed by atoms with Crippen LogP contribution in [0.5, 0.6) is 0 Å². The Bertz CT molecular complexity index is 441. The molecule has 0 spiro atoms. The van der Waals surface area contributed by atoms with Crippen LogP contribution in [0.1, 0.15) is 44.8 Å². The highest BCUT2D eigenvalue weighted by Gasteiger charge is 2.23. The van der Waals surface area contributed by atoms with Gasteiger partial charge < -0.3 is 9.73 Å². The van der Waals surface area contributed by atoms with Gasteiger partial charge in [-0.2, -0.15) is 0 Å². The molecule has 21 heavy (non-hydrogen) atoms. The second-order valence-corrected chi connectivity index (χ2v) is 6.54. The number of hydrogen-bond donors (Lipinski definition) is 1. The first kappa shape index (κ1) is 16.5. The fourth-order valence-electron chi connectivity index (χ4n) is 3.06. The van der Waals surface area contributed by atoms with Crippen LogP contribution in [0.25, 0.3) is 0 Å². The first-order valence-electron chi connectivity index (χ1n) is 8.27. The van der Waals surface area contributed by atoms with Gasteiger partial charge in [0.05, 0.1) is 6.54 Å². The standard InChI is InChI=1S/C17H31N3O/c1-6-20-8-7-19(11-14(20)4)12-16-9-17(21-15(16)5)10-18-13(2)3/h9,13-14,18H,6-8,10-12H2,1-5H3. The van der Waals surface area contributed by atoms with Crippen molar-refractivity contribution in [2.75, 3.05) is 26.2 Å². The molecule has 4 heteroatoms. The maximum absolute atomic E-state index is 5.88. The Morgan fingerprint density at radius 3 is 2.76 bits per heavy atom. The highest BCUT2D eigenvalue weighted by molar-refractivity contribution is 5.21. The van der Waals surface area contributed by atoms with Crippen LogP contribution >= 0.6 is 0 Å². The van der Waals surface area contributed by atoms with Crippen molar-refractivity contribution in [3.05, 3.63) is 23.2 Å². The number of furan rings is 1. The predicted molar refractivity (Wildman–Crippen MR) is 87.4 cm³/mol. The van der Waals surface area contributed by atoms with E-state index < -0.39 is 0 Å². The lowest BCUT2D eigenvalue weighted by atomic mass is 10.1. The van der Waals surface area contributed by atoms with E-state index >= 15 is 0 Å². The van der Waals surface area contributed by atoms with Gasteiger partial charge in [-0.3, -0.25) is 9.80 Å². The van der Waals surface area contributed by atoms with Gasteiger partial charge in [0.25, 0.3) is 0 Å². The van der Waals surface area contributed by atoms with Crippen molar-refractivity contribution in [1.82, 2.24) is 15.1 Å². The van der Waals surface area contributed by atoms with Crippen molar-refractivity contribution in [2.24, 2.45) is 0 Å². The molecule has 1 aromatic heterocycles. The Balaban J connectivity index is 1.91. The minimum Gasteiger partial charge on any atom is -0.465 e. The number of piperazine rings is 1. The molecule has 4 nitrogen and oxygen atoms in total. The minimum atomic E-state index is 0.488. The molecule has 1 atom stereocenters. The molecule has 0 radical (unpaired) electrons. The summed E-state index contributed by atoms with van der Waals surface area (Å²) < 4.78 is 5.88. The Labute approximate surface area is 129 Å². The largest absolute Gasteiger partial charge is 0.465 e. The summed E-state index contributed by atoms with van der Waals surface area (Å²) in [6, 6.07) is 3.36. The monoisotopic (exact) mass is 293 g/mol. The van der Waals surface area contributed by atoms with Gasteiger partial charge in [-0.25, -0.2) is 0 Å². The molecule has 2 heterocycles. The number of rotatable bonds is 6. The number of hydrogen-bond acceptors (Lipinski definition) is 4. The summed E-state index contributed by atoms with van der Waals surface area (Å²) in [5.74, 6) is 2.12. The SMILES string of the molecule is CCN1CCN(Cc2cc(CNC(C)C)oc2C)CC1C. The summed E-state index contributed by atoms with van der Waals surface area (Å²) in [6.07, 6.45) is 0. The minimum absolute atomic E-state index is 0.488. The van der Waals surface area contributed by atoms with Crippen LogP contribution in [0, 0.1) is 6.92 Å². The average Bonchev–Trinajstić information content (AvgIpc) is 2.77. The fraction of sp³-hybridized carbons (Fsp3) is 0.765.